The summed E-state index contributed by atoms with van der Waals surface area (Å²) in [6.07, 6.45) is 0.980. The topological polar surface area (TPSA) is 41.1 Å². The van der Waals surface area contributed by atoms with Crippen LogP contribution >= 0.6 is 15.9 Å². The minimum atomic E-state index is -0.269. The van der Waals surface area contributed by atoms with E-state index >= 15 is 0 Å². The van der Waals surface area contributed by atoms with Crippen LogP contribution in [-0.2, 0) is 11.3 Å². The summed E-state index contributed by atoms with van der Waals surface area (Å²) in [6.45, 7) is 3.36. The van der Waals surface area contributed by atoms with Gasteiger partial charge >= 0.3 is 0 Å². The second-order valence-electron chi connectivity index (χ2n) is 4.65. The summed E-state index contributed by atoms with van der Waals surface area (Å²) < 4.78 is 13.7. The van der Waals surface area contributed by atoms with Crippen molar-refractivity contribution in [1.29, 1.82) is 0 Å². The number of hydrogen-bond acceptors (Lipinski definition) is 2. The molecular weight excluding hydrogens is 299 g/mol. The lowest BCUT2D eigenvalue weighted by Crippen LogP contribution is -2.52. The van der Waals surface area contributed by atoms with Gasteiger partial charge in [-0.1, -0.05) is 28.9 Å². The quantitative estimate of drug-likeness (QED) is 0.898. The third-order valence-electron chi connectivity index (χ3n) is 3.28. The van der Waals surface area contributed by atoms with Gasteiger partial charge in [-0.2, -0.15) is 0 Å². The van der Waals surface area contributed by atoms with Crippen molar-refractivity contribution in [3.05, 3.63) is 34.1 Å². The number of rotatable bonds is 3. The Kier molecular flexibility index (Phi) is 4.35. The van der Waals surface area contributed by atoms with Crippen molar-refractivity contribution in [3.8, 4) is 0 Å². The molecule has 1 saturated heterocycles. The Labute approximate surface area is 114 Å². The van der Waals surface area contributed by atoms with Crippen LogP contribution in [0.15, 0.2) is 22.7 Å². The maximum absolute atomic E-state index is 13.0. The lowest BCUT2D eigenvalue weighted by atomic mass is 9.94. The van der Waals surface area contributed by atoms with E-state index in [1.807, 2.05) is 0 Å². The molecule has 0 spiro atoms. The van der Waals surface area contributed by atoms with Gasteiger partial charge in [-0.05, 0) is 30.0 Å². The zero-order valence-corrected chi connectivity index (χ0v) is 11.8. The van der Waals surface area contributed by atoms with E-state index in [1.54, 1.807) is 6.07 Å². The zero-order chi connectivity index (χ0) is 13.1. The number of benzene rings is 1. The summed E-state index contributed by atoms with van der Waals surface area (Å²) in [7, 11) is 0. The van der Waals surface area contributed by atoms with Crippen LogP contribution in [-0.4, -0.2) is 18.5 Å². The van der Waals surface area contributed by atoms with Crippen LogP contribution in [0.4, 0.5) is 4.39 Å². The molecule has 5 heteroatoms. The summed E-state index contributed by atoms with van der Waals surface area (Å²) in [6, 6.07) is 4.40. The first kappa shape index (κ1) is 13.5. The highest BCUT2D eigenvalue weighted by Crippen LogP contribution is 2.19. The first-order valence-electron chi connectivity index (χ1n) is 6.03. The molecule has 18 heavy (non-hydrogen) atoms. The second kappa shape index (κ2) is 5.80. The molecule has 1 heterocycles. The average Bonchev–Trinajstić information content (AvgIpc) is 2.31. The summed E-state index contributed by atoms with van der Waals surface area (Å²) in [5.41, 5.74) is 0.946. The molecule has 3 nitrogen and oxygen atoms in total. The van der Waals surface area contributed by atoms with Crippen LogP contribution < -0.4 is 10.6 Å². The molecule has 0 saturated carbocycles. The summed E-state index contributed by atoms with van der Waals surface area (Å²) in [4.78, 5) is 11.7. The monoisotopic (exact) mass is 314 g/mol. The number of amides is 1. The van der Waals surface area contributed by atoms with Gasteiger partial charge in [0.15, 0.2) is 0 Å². The number of nitrogens with one attached hydrogen (secondary N) is 2. The van der Waals surface area contributed by atoms with Gasteiger partial charge in [0.2, 0.25) is 5.91 Å². The first-order chi connectivity index (χ1) is 8.58. The predicted molar refractivity (Wildman–Crippen MR) is 71.5 cm³/mol. The van der Waals surface area contributed by atoms with E-state index in [2.05, 4.69) is 33.5 Å². The minimum Gasteiger partial charge on any atom is -0.355 e. The molecule has 1 aliphatic rings. The first-order valence-corrected chi connectivity index (χ1v) is 6.82. The third kappa shape index (κ3) is 3.09. The van der Waals surface area contributed by atoms with Gasteiger partial charge in [0.25, 0.3) is 0 Å². The zero-order valence-electron chi connectivity index (χ0n) is 10.2. The predicted octanol–water partition coefficient (Wildman–Crippen LogP) is 2.20. The van der Waals surface area contributed by atoms with E-state index in [1.165, 1.54) is 12.1 Å². The molecule has 1 aromatic carbocycles. The highest BCUT2D eigenvalue weighted by molar-refractivity contribution is 9.10. The lowest BCUT2D eigenvalue weighted by molar-refractivity contribution is -0.126. The van der Waals surface area contributed by atoms with Gasteiger partial charge < -0.3 is 10.6 Å². The fourth-order valence-electron chi connectivity index (χ4n) is 2.14. The average molecular weight is 315 g/mol. The van der Waals surface area contributed by atoms with Gasteiger partial charge in [0.1, 0.15) is 5.82 Å². The Morgan fingerprint density at radius 3 is 3.00 bits per heavy atom. The van der Waals surface area contributed by atoms with Crippen molar-refractivity contribution in [2.45, 2.75) is 25.9 Å². The maximum atomic E-state index is 13.0. The molecule has 0 bridgehead atoms. The highest BCUT2D eigenvalue weighted by atomic mass is 79.9. The molecular formula is C13H16BrFN2O. The van der Waals surface area contributed by atoms with Crippen LogP contribution in [0.1, 0.15) is 18.9 Å². The maximum Gasteiger partial charge on any atom is 0.237 e. The Hall–Kier alpha value is -0.940. The largest absolute Gasteiger partial charge is 0.355 e. The molecule has 0 unspecified atom stereocenters. The Morgan fingerprint density at radius 2 is 2.33 bits per heavy atom. The van der Waals surface area contributed by atoms with Crippen molar-refractivity contribution in [2.24, 2.45) is 5.92 Å². The smallest absolute Gasteiger partial charge is 0.237 e. The number of piperidine rings is 1. The van der Waals surface area contributed by atoms with Gasteiger partial charge in [-0.15, -0.1) is 0 Å². The minimum absolute atomic E-state index is 0.0481. The molecule has 1 aliphatic heterocycles. The van der Waals surface area contributed by atoms with Gasteiger partial charge in [0, 0.05) is 17.6 Å². The van der Waals surface area contributed by atoms with E-state index in [4.69, 9.17) is 0 Å². The van der Waals surface area contributed by atoms with Crippen molar-refractivity contribution < 1.29 is 9.18 Å². The van der Waals surface area contributed by atoms with E-state index in [0.717, 1.165) is 23.0 Å². The number of halogens is 2. The van der Waals surface area contributed by atoms with E-state index in [0.29, 0.717) is 12.5 Å². The van der Waals surface area contributed by atoms with Crippen LogP contribution in [0.5, 0.6) is 0 Å². The standard InChI is InChI=1S/C13H16BrFN2O/c1-8-4-5-16-13(18)12(8)17-7-9-2-3-10(15)6-11(9)14/h2-3,6,8,12,17H,4-5,7H2,1H3,(H,16,18)/t8-,12+/m1/s1. The number of carbonyl (C=O) groups excluding carboxylic acids is 1. The molecule has 2 N–H and O–H groups in total. The molecule has 0 aromatic heterocycles. The lowest BCUT2D eigenvalue weighted by Gasteiger charge is -2.29. The normalized spacial score (nSPS) is 23.8. The molecule has 2 rings (SSSR count). The van der Waals surface area contributed by atoms with E-state index < -0.39 is 0 Å². The molecule has 0 aliphatic carbocycles. The van der Waals surface area contributed by atoms with Gasteiger partial charge in [-0.25, -0.2) is 4.39 Å². The van der Waals surface area contributed by atoms with Crippen molar-refractivity contribution in [2.75, 3.05) is 6.54 Å². The summed E-state index contributed by atoms with van der Waals surface area (Å²) in [5.74, 6) is 0.0966. The van der Waals surface area contributed by atoms with Crippen LogP contribution in [0.25, 0.3) is 0 Å². The highest BCUT2D eigenvalue weighted by Gasteiger charge is 2.28. The molecule has 0 radical (unpaired) electrons. The Balaban J connectivity index is 2.00. The van der Waals surface area contributed by atoms with Gasteiger partial charge in [0.05, 0.1) is 6.04 Å². The number of hydrogen-bond donors (Lipinski definition) is 2. The second-order valence-corrected chi connectivity index (χ2v) is 5.51. The van der Waals surface area contributed by atoms with Gasteiger partial charge in [-0.3, -0.25) is 4.79 Å². The van der Waals surface area contributed by atoms with Crippen LogP contribution in [0, 0.1) is 11.7 Å². The summed E-state index contributed by atoms with van der Waals surface area (Å²) >= 11 is 3.32. The molecule has 1 amide bonds. The van der Waals surface area contributed by atoms with Crippen LogP contribution in [0.3, 0.4) is 0 Å². The van der Waals surface area contributed by atoms with Crippen molar-refractivity contribution in [1.82, 2.24) is 10.6 Å². The molecule has 98 valence electrons. The third-order valence-corrected chi connectivity index (χ3v) is 4.02. The Morgan fingerprint density at radius 1 is 1.56 bits per heavy atom. The molecule has 1 aromatic rings. The molecule has 2 atom stereocenters. The number of carbonyl (C=O) groups is 1. The van der Waals surface area contributed by atoms with E-state index in [-0.39, 0.29) is 17.8 Å². The fraction of sp³-hybridized carbons (Fsp3) is 0.462. The summed E-state index contributed by atoms with van der Waals surface area (Å²) in [5, 5.41) is 6.08. The Bertz CT molecular complexity index is 453. The molecule has 1 fully saturated rings. The van der Waals surface area contributed by atoms with Crippen LogP contribution in [0.2, 0.25) is 0 Å². The van der Waals surface area contributed by atoms with Crippen molar-refractivity contribution >= 4 is 21.8 Å². The fourth-order valence-corrected chi connectivity index (χ4v) is 2.63. The van der Waals surface area contributed by atoms with E-state index in [9.17, 15) is 9.18 Å². The SMILES string of the molecule is C[C@@H]1CCNC(=O)[C@H]1NCc1ccc(F)cc1Br. The van der Waals surface area contributed by atoms with Crippen molar-refractivity contribution in [3.63, 3.8) is 0 Å².